The maximum Gasteiger partial charge on any atom is 0.0216 e. The van der Waals surface area contributed by atoms with Crippen molar-refractivity contribution in [1.29, 1.82) is 0 Å². The Morgan fingerprint density at radius 3 is 2.94 bits per heavy atom. The van der Waals surface area contributed by atoms with E-state index in [0.717, 1.165) is 17.8 Å². The second kappa shape index (κ2) is 5.72. The molecular weight excluding hydrogens is 240 g/mol. The quantitative estimate of drug-likeness (QED) is 0.611. The number of aryl methyl sites for hydroxylation is 1. The Morgan fingerprint density at radius 1 is 1.39 bits per heavy atom. The summed E-state index contributed by atoms with van der Waals surface area (Å²) in [6.07, 6.45) is 9.62. The molecule has 1 heterocycles. The number of fused-ring (bicyclic) bond motifs is 2. The van der Waals surface area contributed by atoms with E-state index in [1.165, 1.54) is 49.8 Å². The SMILES string of the molecule is NNC(CCc1cccs1)CC1CC2CCC1C2. The van der Waals surface area contributed by atoms with Gasteiger partial charge < -0.3 is 0 Å². The van der Waals surface area contributed by atoms with Crippen LogP contribution >= 0.6 is 11.3 Å². The normalized spacial score (nSPS) is 31.9. The molecular formula is C15H24N2S. The smallest absolute Gasteiger partial charge is 0.0216 e. The monoisotopic (exact) mass is 264 g/mol. The van der Waals surface area contributed by atoms with Gasteiger partial charge in [0.2, 0.25) is 0 Å². The van der Waals surface area contributed by atoms with E-state index >= 15 is 0 Å². The first-order valence-corrected chi connectivity index (χ1v) is 8.21. The van der Waals surface area contributed by atoms with Gasteiger partial charge in [0.05, 0.1) is 0 Å². The summed E-state index contributed by atoms with van der Waals surface area (Å²) >= 11 is 1.86. The molecule has 2 saturated carbocycles. The molecule has 2 aliphatic carbocycles. The number of rotatable bonds is 6. The van der Waals surface area contributed by atoms with Crippen molar-refractivity contribution in [3.05, 3.63) is 22.4 Å². The fraction of sp³-hybridized carbons (Fsp3) is 0.733. The molecule has 0 amide bonds. The van der Waals surface area contributed by atoms with Crippen molar-refractivity contribution in [2.45, 2.75) is 51.0 Å². The third-order valence-corrected chi connectivity index (χ3v) is 5.96. The van der Waals surface area contributed by atoms with Crippen LogP contribution in [0.1, 0.15) is 43.4 Å². The molecule has 0 spiro atoms. The lowest BCUT2D eigenvalue weighted by Gasteiger charge is -2.26. The van der Waals surface area contributed by atoms with Crippen LogP contribution < -0.4 is 11.3 Å². The van der Waals surface area contributed by atoms with Crippen molar-refractivity contribution in [1.82, 2.24) is 5.43 Å². The molecule has 1 aromatic rings. The van der Waals surface area contributed by atoms with E-state index in [2.05, 4.69) is 22.9 Å². The van der Waals surface area contributed by atoms with Crippen LogP contribution in [0, 0.1) is 17.8 Å². The van der Waals surface area contributed by atoms with Gasteiger partial charge in [-0.1, -0.05) is 12.5 Å². The summed E-state index contributed by atoms with van der Waals surface area (Å²) in [7, 11) is 0. The van der Waals surface area contributed by atoms with Crippen LogP contribution in [0.4, 0.5) is 0 Å². The number of thiophene rings is 1. The molecule has 3 rings (SSSR count). The van der Waals surface area contributed by atoms with Gasteiger partial charge in [-0.3, -0.25) is 11.3 Å². The van der Waals surface area contributed by atoms with Crippen LogP contribution in [0.25, 0.3) is 0 Å². The summed E-state index contributed by atoms with van der Waals surface area (Å²) in [5.74, 6) is 8.77. The lowest BCUT2D eigenvalue weighted by molar-refractivity contribution is 0.273. The summed E-state index contributed by atoms with van der Waals surface area (Å²) in [6.45, 7) is 0. The Hall–Kier alpha value is -0.380. The largest absolute Gasteiger partial charge is 0.271 e. The highest BCUT2D eigenvalue weighted by Crippen LogP contribution is 2.50. The van der Waals surface area contributed by atoms with Gasteiger partial charge in [-0.15, -0.1) is 11.3 Å². The molecule has 0 aromatic carbocycles. The number of hydrogen-bond donors (Lipinski definition) is 2. The third kappa shape index (κ3) is 2.79. The van der Waals surface area contributed by atoms with Gasteiger partial charge in [-0.05, 0) is 67.7 Å². The Morgan fingerprint density at radius 2 is 2.33 bits per heavy atom. The van der Waals surface area contributed by atoms with Gasteiger partial charge in [-0.2, -0.15) is 0 Å². The standard InChI is InChI=1S/C15H24N2S/c16-17-14(5-6-15-2-1-7-18-15)10-13-9-11-3-4-12(13)8-11/h1-2,7,11-14,17H,3-6,8-10,16H2. The summed E-state index contributed by atoms with van der Waals surface area (Å²) in [5.41, 5.74) is 3.06. The Bertz CT molecular complexity index is 363. The molecule has 0 aliphatic heterocycles. The predicted molar refractivity (Wildman–Crippen MR) is 77.3 cm³/mol. The zero-order valence-electron chi connectivity index (χ0n) is 11.0. The highest BCUT2D eigenvalue weighted by atomic mass is 32.1. The molecule has 18 heavy (non-hydrogen) atoms. The van der Waals surface area contributed by atoms with Crippen LogP contribution in [0.3, 0.4) is 0 Å². The van der Waals surface area contributed by atoms with Crippen molar-refractivity contribution < 1.29 is 0 Å². The van der Waals surface area contributed by atoms with Gasteiger partial charge >= 0.3 is 0 Å². The van der Waals surface area contributed by atoms with Crippen molar-refractivity contribution >= 4 is 11.3 Å². The molecule has 4 atom stereocenters. The first-order valence-electron chi connectivity index (χ1n) is 7.33. The minimum Gasteiger partial charge on any atom is -0.271 e. The van der Waals surface area contributed by atoms with Crippen LogP contribution in [0.2, 0.25) is 0 Å². The van der Waals surface area contributed by atoms with Crippen molar-refractivity contribution in [3.8, 4) is 0 Å². The Balaban J connectivity index is 1.47. The average molecular weight is 264 g/mol. The zero-order chi connectivity index (χ0) is 12.4. The predicted octanol–water partition coefficient (Wildman–Crippen LogP) is 3.34. The highest BCUT2D eigenvalue weighted by Gasteiger charge is 2.39. The van der Waals surface area contributed by atoms with Gasteiger partial charge in [0.25, 0.3) is 0 Å². The Labute approximate surface area is 114 Å². The fourth-order valence-electron chi connectivity index (χ4n) is 4.07. The number of nitrogens with two attached hydrogens (primary N) is 1. The Kier molecular flexibility index (Phi) is 4.02. The fourth-order valence-corrected chi connectivity index (χ4v) is 4.80. The van der Waals surface area contributed by atoms with Crippen LogP contribution in [0.5, 0.6) is 0 Å². The van der Waals surface area contributed by atoms with E-state index in [0.29, 0.717) is 6.04 Å². The molecule has 2 nitrogen and oxygen atoms in total. The van der Waals surface area contributed by atoms with E-state index in [9.17, 15) is 0 Å². The molecule has 1 aromatic heterocycles. The lowest BCUT2D eigenvalue weighted by atomic mass is 9.83. The molecule has 0 saturated heterocycles. The van der Waals surface area contributed by atoms with Crippen LogP contribution in [-0.2, 0) is 6.42 Å². The van der Waals surface area contributed by atoms with Crippen molar-refractivity contribution in [2.75, 3.05) is 0 Å². The van der Waals surface area contributed by atoms with Crippen molar-refractivity contribution in [2.24, 2.45) is 23.6 Å². The molecule has 4 unspecified atom stereocenters. The summed E-state index contributed by atoms with van der Waals surface area (Å²) in [4.78, 5) is 1.49. The molecule has 3 heteroatoms. The maximum atomic E-state index is 5.74. The zero-order valence-corrected chi connectivity index (χ0v) is 11.8. The van der Waals surface area contributed by atoms with E-state index < -0.39 is 0 Å². The highest BCUT2D eigenvalue weighted by molar-refractivity contribution is 7.09. The molecule has 100 valence electrons. The van der Waals surface area contributed by atoms with Gasteiger partial charge in [0.15, 0.2) is 0 Å². The minimum absolute atomic E-state index is 0.511. The third-order valence-electron chi connectivity index (χ3n) is 5.03. The van der Waals surface area contributed by atoms with E-state index in [-0.39, 0.29) is 0 Å². The average Bonchev–Trinajstić information content (AvgIpc) is 3.10. The van der Waals surface area contributed by atoms with E-state index in [4.69, 9.17) is 5.84 Å². The second-order valence-electron chi connectivity index (χ2n) is 6.15. The van der Waals surface area contributed by atoms with Gasteiger partial charge in [-0.25, -0.2) is 0 Å². The van der Waals surface area contributed by atoms with Crippen LogP contribution in [0.15, 0.2) is 17.5 Å². The van der Waals surface area contributed by atoms with Gasteiger partial charge in [0, 0.05) is 10.9 Å². The molecule has 2 fully saturated rings. The second-order valence-corrected chi connectivity index (χ2v) is 7.18. The van der Waals surface area contributed by atoms with E-state index in [1.54, 1.807) is 0 Å². The topological polar surface area (TPSA) is 38.0 Å². The molecule has 2 aliphatic rings. The molecule has 2 bridgehead atoms. The summed E-state index contributed by atoms with van der Waals surface area (Å²) in [6, 6.07) is 4.88. The minimum atomic E-state index is 0.511. The number of hydrogen-bond acceptors (Lipinski definition) is 3. The molecule has 0 radical (unpaired) electrons. The summed E-state index contributed by atoms with van der Waals surface area (Å²) in [5, 5.41) is 2.16. The first-order chi connectivity index (χ1) is 8.85. The molecule has 3 N–H and O–H groups in total. The maximum absolute atomic E-state index is 5.74. The first kappa shape index (κ1) is 12.6. The van der Waals surface area contributed by atoms with Crippen LogP contribution in [-0.4, -0.2) is 6.04 Å². The van der Waals surface area contributed by atoms with E-state index in [1.807, 2.05) is 11.3 Å². The number of hydrazine groups is 1. The van der Waals surface area contributed by atoms with Gasteiger partial charge in [0.1, 0.15) is 0 Å². The lowest BCUT2D eigenvalue weighted by Crippen LogP contribution is -2.37. The summed E-state index contributed by atoms with van der Waals surface area (Å²) < 4.78 is 0. The van der Waals surface area contributed by atoms with Crippen molar-refractivity contribution in [3.63, 3.8) is 0 Å². The number of nitrogens with one attached hydrogen (secondary N) is 1.